The summed E-state index contributed by atoms with van der Waals surface area (Å²) in [6, 6.07) is 29.1. The molecule has 0 bridgehead atoms. The number of aryl methyl sites for hydroxylation is 2. The molecule has 4 aromatic carbocycles. The number of nitrogens with one attached hydrogen (secondary N) is 1. The minimum atomic E-state index is -4.16. The van der Waals surface area contributed by atoms with Gasteiger partial charge in [-0.25, -0.2) is 8.42 Å². The van der Waals surface area contributed by atoms with Gasteiger partial charge in [-0.15, -0.1) is 0 Å². The number of sulfonamides is 1. The summed E-state index contributed by atoms with van der Waals surface area (Å²) in [5, 5.41) is 3.39. The number of amides is 2. The molecule has 44 heavy (non-hydrogen) atoms. The van der Waals surface area contributed by atoms with Crippen molar-refractivity contribution in [2.24, 2.45) is 0 Å². The van der Waals surface area contributed by atoms with Crippen LogP contribution in [0, 0.1) is 13.8 Å². The molecule has 0 saturated carbocycles. The van der Waals surface area contributed by atoms with Crippen LogP contribution in [-0.4, -0.2) is 44.3 Å². The van der Waals surface area contributed by atoms with Gasteiger partial charge in [0, 0.05) is 24.5 Å². The molecular formula is C35H38ClN3O4S. The van der Waals surface area contributed by atoms with Gasteiger partial charge < -0.3 is 10.2 Å². The summed E-state index contributed by atoms with van der Waals surface area (Å²) >= 11 is 6.55. The van der Waals surface area contributed by atoms with E-state index in [1.807, 2.05) is 69.3 Å². The third-order valence-electron chi connectivity index (χ3n) is 7.35. The van der Waals surface area contributed by atoms with Gasteiger partial charge >= 0.3 is 0 Å². The first-order valence-electron chi connectivity index (χ1n) is 14.6. The Labute approximate surface area is 265 Å². The maximum atomic E-state index is 14.5. The lowest BCUT2D eigenvalue weighted by Crippen LogP contribution is -2.53. The number of halogens is 1. The van der Waals surface area contributed by atoms with Gasteiger partial charge in [-0.3, -0.25) is 13.9 Å². The van der Waals surface area contributed by atoms with E-state index in [1.54, 1.807) is 42.5 Å². The number of carbonyl (C=O) groups is 2. The van der Waals surface area contributed by atoms with Crippen molar-refractivity contribution >= 4 is 39.1 Å². The molecule has 4 aromatic rings. The van der Waals surface area contributed by atoms with Crippen LogP contribution in [0.1, 0.15) is 35.6 Å². The van der Waals surface area contributed by atoms with Gasteiger partial charge in [-0.1, -0.05) is 103 Å². The lowest BCUT2D eigenvalue weighted by atomic mass is 10.0. The molecule has 4 rings (SSSR count). The van der Waals surface area contributed by atoms with Crippen LogP contribution in [0.25, 0.3) is 0 Å². The van der Waals surface area contributed by atoms with Crippen molar-refractivity contribution in [3.8, 4) is 0 Å². The zero-order valence-corrected chi connectivity index (χ0v) is 26.8. The monoisotopic (exact) mass is 631 g/mol. The Hall–Kier alpha value is -4.14. The van der Waals surface area contributed by atoms with Crippen LogP contribution < -0.4 is 9.62 Å². The Morgan fingerprint density at radius 3 is 2.14 bits per heavy atom. The first-order chi connectivity index (χ1) is 21.1. The normalized spacial score (nSPS) is 11.9. The fourth-order valence-electron chi connectivity index (χ4n) is 5.05. The number of benzene rings is 4. The van der Waals surface area contributed by atoms with E-state index in [2.05, 4.69) is 5.32 Å². The van der Waals surface area contributed by atoms with Crippen LogP contribution in [0.15, 0.2) is 108 Å². The number of rotatable bonds is 13. The smallest absolute Gasteiger partial charge is 0.264 e. The summed E-state index contributed by atoms with van der Waals surface area (Å²) in [4.78, 5) is 29.7. The van der Waals surface area contributed by atoms with E-state index < -0.39 is 28.5 Å². The molecule has 0 aliphatic rings. The summed E-state index contributed by atoms with van der Waals surface area (Å²) in [5.74, 6) is -0.850. The molecule has 1 unspecified atom stereocenters. The van der Waals surface area contributed by atoms with Crippen LogP contribution in [0.2, 0.25) is 5.02 Å². The summed E-state index contributed by atoms with van der Waals surface area (Å²) in [5.41, 5.74) is 3.57. The van der Waals surface area contributed by atoms with Gasteiger partial charge in [-0.2, -0.15) is 0 Å². The number of anilines is 1. The van der Waals surface area contributed by atoms with E-state index in [1.165, 1.54) is 17.0 Å². The summed E-state index contributed by atoms with van der Waals surface area (Å²) in [7, 11) is -4.16. The Kier molecular flexibility index (Phi) is 11.2. The van der Waals surface area contributed by atoms with E-state index in [0.717, 1.165) is 21.9 Å². The number of hydrogen-bond donors (Lipinski definition) is 1. The van der Waals surface area contributed by atoms with Crippen LogP contribution in [0.5, 0.6) is 0 Å². The van der Waals surface area contributed by atoms with Crippen LogP contribution >= 0.6 is 11.6 Å². The lowest BCUT2D eigenvalue weighted by molar-refractivity contribution is -0.140. The molecule has 230 valence electrons. The maximum absolute atomic E-state index is 14.5. The minimum absolute atomic E-state index is 0.0155. The molecule has 0 saturated heterocycles. The quantitative estimate of drug-likeness (QED) is 0.187. The Balaban J connectivity index is 1.82. The number of nitrogens with zero attached hydrogens (tertiary/aromatic N) is 2. The lowest BCUT2D eigenvalue weighted by Gasteiger charge is -2.34. The van der Waals surface area contributed by atoms with Crippen molar-refractivity contribution in [2.45, 2.75) is 51.1 Å². The Morgan fingerprint density at radius 2 is 1.50 bits per heavy atom. The van der Waals surface area contributed by atoms with Crippen molar-refractivity contribution < 1.29 is 18.0 Å². The molecule has 1 N–H and O–H groups in total. The predicted molar refractivity (Wildman–Crippen MR) is 176 cm³/mol. The Morgan fingerprint density at radius 1 is 0.864 bits per heavy atom. The molecule has 0 fully saturated rings. The second kappa shape index (κ2) is 15.0. The molecule has 9 heteroatoms. The van der Waals surface area contributed by atoms with Crippen molar-refractivity contribution in [1.82, 2.24) is 10.2 Å². The average Bonchev–Trinajstić information content (AvgIpc) is 3.02. The third-order valence-corrected chi connectivity index (χ3v) is 9.49. The highest BCUT2D eigenvalue weighted by molar-refractivity contribution is 7.92. The zero-order valence-electron chi connectivity index (χ0n) is 25.2. The molecule has 2 amide bonds. The van der Waals surface area contributed by atoms with Gasteiger partial charge in [0.15, 0.2) is 0 Å². The summed E-state index contributed by atoms with van der Waals surface area (Å²) < 4.78 is 29.4. The molecule has 0 radical (unpaired) electrons. The first-order valence-corrected chi connectivity index (χ1v) is 16.4. The van der Waals surface area contributed by atoms with Crippen molar-refractivity contribution in [3.63, 3.8) is 0 Å². The van der Waals surface area contributed by atoms with Gasteiger partial charge in [-0.05, 0) is 61.2 Å². The molecule has 0 aromatic heterocycles. The van der Waals surface area contributed by atoms with Crippen LogP contribution in [-0.2, 0) is 32.6 Å². The fraction of sp³-hybridized carbons (Fsp3) is 0.257. The van der Waals surface area contributed by atoms with Crippen molar-refractivity contribution in [3.05, 3.63) is 130 Å². The maximum Gasteiger partial charge on any atom is 0.264 e. The number of carbonyl (C=O) groups excluding carboxylic acids is 2. The molecule has 7 nitrogen and oxygen atoms in total. The molecule has 0 spiro atoms. The first kappa shape index (κ1) is 32.8. The van der Waals surface area contributed by atoms with Gasteiger partial charge in [0.1, 0.15) is 12.6 Å². The number of hydrogen-bond acceptors (Lipinski definition) is 4. The average molecular weight is 632 g/mol. The van der Waals surface area contributed by atoms with Crippen LogP contribution in [0.4, 0.5) is 5.69 Å². The second-order valence-electron chi connectivity index (χ2n) is 10.7. The molecule has 0 aliphatic heterocycles. The highest BCUT2D eigenvalue weighted by atomic mass is 35.5. The summed E-state index contributed by atoms with van der Waals surface area (Å²) in [6.07, 6.45) is 0.958. The highest BCUT2D eigenvalue weighted by Gasteiger charge is 2.35. The van der Waals surface area contributed by atoms with Crippen LogP contribution in [0.3, 0.4) is 0 Å². The van der Waals surface area contributed by atoms with E-state index in [4.69, 9.17) is 11.6 Å². The highest BCUT2D eigenvalue weighted by Crippen LogP contribution is 2.29. The van der Waals surface area contributed by atoms with E-state index in [9.17, 15) is 18.0 Å². The Bertz CT molecular complexity index is 1680. The SMILES string of the molecule is CCCNC(=O)C(Cc1ccccc1)N(Cc1ccccc1Cl)C(=O)CN(c1ccc(C)cc1C)S(=O)(=O)c1ccccc1. The van der Waals surface area contributed by atoms with E-state index in [0.29, 0.717) is 28.4 Å². The standard InChI is InChI=1S/C35H38ClN3O4S/c1-4-21-37-35(41)33(23-28-13-7-5-8-14-28)38(24-29-15-11-12-18-31(29)36)34(40)25-39(32-20-19-26(2)22-27(32)3)44(42,43)30-16-9-6-10-17-30/h5-20,22,33H,4,21,23-25H2,1-3H3,(H,37,41). The van der Waals surface area contributed by atoms with Gasteiger partial charge in [0.25, 0.3) is 10.0 Å². The van der Waals surface area contributed by atoms with E-state index >= 15 is 0 Å². The second-order valence-corrected chi connectivity index (χ2v) is 13.0. The predicted octanol–water partition coefficient (Wildman–Crippen LogP) is 6.32. The third kappa shape index (κ3) is 8.07. The zero-order chi connectivity index (χ0) is 31.7. The molecule has 1 atom stereocenters. The molecular weight excluding hydrogens is 594 g/mol. The summed E-state index contributed by atoms with van der Waals surface area (Å²) in [6.45, 7) is 5.63. The van der Waals surface area contributed by atoms with Crippen molar-refractivity contribution in [2.75, 3.05) is 17.4 Å². The largest absolute Gasteiger partial charge is 0.354 e. The van der Waals surface area contributed by atoms with Gasteiger partial charge in [0.2, 0.25) is 11.8 Å². The minimum Gasteiger partial charge on any atom is -0.354 e. The van der Waals surface area contributed by atoms with E-state index in [-0.39, 0.29) is 23.8 Å². The molecule has 0 aliphatic carbocycles. The van der Waals surface area contributed by atoms with Gasteiger partial charge in [0.05, 0.1) is 10.6 Å². The fourth-order valence-corrected chi connectivity index (χ4v) is 6.74. The van der Waals surface area contributed by atoms with Crippen molar-refractivity contribution in [1.29, 1.82) is 0 Å². The topological polar surface area (TPSA) is 86.8 Å². The molecule has 0 heterocycles.